The number of nitrogens with two attached hydrogens (primary N) is 1. The zero-order valence-electron chi connectivity index (χ0n) is 8.53. The van der Waals surface area contributed by atoms with Gasteiger partial charge >= 0.3 is 0 Å². The summed E-state index contributed by atoms with van der Waals surface area (Å²) in [4.78, 5) is 0. The van der Waals surface area contributed by atoms with E-state index in [-0.39, 0.29) is 11.5 Å². The molecule has 1 aromatic rings. The van der Waals surface area contributed by atoms with E-state index in [1.165, 1.54) is 13.2 Å². The summed E-state index contributed by atoms with van der Waals surface area (Å²) in [5.41, 5.74) is 6.07. The highest BCUT2D eigenvalue weighted by molar-refractivity contribution is 5.47. The maximum Gasteiger partial charge on any atom is 0.163 e. The topological polar surface area (TPSA) is 55.5 Å². The smallest absolute Gasteiger partial charge is 0.163 e. The Hall–Kier alpha value is -1.55. The molecule has 1 rings (SSSR count). The fourth-order valence-corrected chi connectivity index (χ4v) is 1.34. The molecule has 0 saturated heterocycles. The molecule has 0 bridgehead atoms. The summed E-state index contributed by atoms with van der Waals surface area (Å²) in [7, 11) is 1.36. The van der Waals surface area contributed by atoms with Crippen LogP contribution in [0, 0.1) is 5.82 Å². The zero-order chi connectivity index (χ0) is 11.4. The number of hydrogen-bond donors (Lipinski definition) is 2. The van der Waals surface area contributed by atoms with E-state index in [2.05, 4.69) is 6.58 Å². The molecule has 0 aromatic heterocycles. The van der Waals surface area contributed by atoms with Crippen LogP contribution in [0.25, 0.3) is 0 Å². The van der Waals surface area contributed by atoms with Crippen molar-refractivity contribution < 1.29 is 14.2 Å². The summed E-state index contributed by atoms with van der Waals surface area (Å²) < 4.78 is 17.9. The number of methoxy groups -OCH3 is 1. The Labute approximate surface area is 88.0 Å². The molecule has 0 unspecified atom stereocenters. The average molecular weight is 211 g/mol. The molecule has 0 heterocycles. The van der Waals surface area contributed by atoms with Gasteiger partial charge in [-0.3, -0.25) is 0 Å². The molecule has 0 radical (unpaired) electrons. The monoisotopic (exact) mass is 211 g/mol. The molecule has 0 aliphatic rings. The number of benzene rings is 1. The van der Waals surface area contributed by atoms with E-state index in [9.17, 15) is 9.50 Å². The number of ether oxygens (including phenoxy) is 1. The Morgan fingerprint density at radius 1 is 1.67 bits per heavy atom. The van der Waals surface area contributed by atoms with E-state index in [0.29, 0.717) is 12.0 Å². The minimum absolute atomic E-state index is 0.0875. The van der Waals surface area contributed by atoms with Crippen LogP contribution < -0.4 is 10.5 Å². The summed E-state index contributed by atoms with van der Waals surface area (Å²) in [6.45, 7) is 3.53. The maximum atomic E-state index is 13.1. The molecule has 0 saturated carbocycles. The van der Waals surface area contributed by atoms with Gasteiger partial charge in [0.2, 0.25) is 0 Å². The summed E-state index contributed by atoms with van der Waals surface area (Å²) in [5.74, 6) is -0.517. The molecule has 15 heavy (non-hydrogen) atoms. The Balaban J connectivity index is 3.16. The van der Waals surface area contributed by atoms with Gasteiger partial charge in [0.25, 0.3) is 0 Å². The highest BCUT2D eigenvalue weighted by Crippen LogP contribution is 2.34. The van der Waals surface area contributed by atoms with Crippen LogP contribution in [0.15, 0.2) is 24.8 Å². The van der Waals surface area contributed by atoms with Gasteiger partial charge < -0.3 is 15.6 Å². The van der Waals surface area contributed by atoms with Gasteiger partial charge in [-0.25, -0.2) is 4.39 Å². The number of halogens is 1. The van der Waals surface area contributed by atoms with Crippen molar-refractivity contribution in [1.82, 2.24) is 0 Å². The van der Waals surface area contributed by atoms with Gasteiger partial charge in [-0.2, -0.15) is 0 Å². The van der Waals surface area contributed by atoms with Crippen molar-refractivity contribution in [3.63, 3.8) is 0 Å². The quantitative estimate of drug-likeness (QED) is 0.750. The SMILES string of the molecule is C=CC[C@@H](N)c1cc(F)cc(OC)c1O. The van der Waals surface area contributed by atoms with Crippen LogP contribution >= 0.6 is 0 Å². The third kappa shape index (κ3) is 2.47. The first-order chi connectivity index (χ1) is 7.10. The van der Waals surface area contributed by atoms with Crippen LogP contribution in [0.2, 0.25) is 0 Å². The molecule has 1 atom stereocenters. The van der Waals surface area contributed by atoms with Crippen molar-refractivity contribution in [3.05, 3.63) is 36.2 Å². The van der Waals surface area contributed by atoms with E-state index in [4.69, 9.17) is 10.5 Å². The molecule has 0 aliphatic heterocycles. The first kappa shape index (κ1) is 11.5. The highest BCUT2D eigenvalue weighted by atomic mass is 19.1. The Bertz CT molecular complexity index is 366. The van der Waals surface area contributed by atoms with Crippen molar-refractivity contribution in [2.45, 2.75) is 12.5 Å². The first-order valence-corrected chi connectivity index (χ1v) is 4.53. The van der Waals surface area contributed by atoms with Crippen LogP contribution in [0.3, 0.4) is 0 Å². The largest absolute Gasteiger partial charge is 0.504 e. The Morgan fingerprint density at radius 2 is 2.33 bits per heavy atom. The van der Waals surface area contributed by atoms with Crippen LogP contribution in [0.4, 0.5) is 4.39 Å². The van der Waals surface area contributed by atoms with Crippen LogP contribution in [0.5, 0.6) is 11.5 Å². The Morgan fingerprint density at radius 3 is 2.87 bits per heavy atom. The van der Waals surface area contributed by atoms with Gasteiger partial charge in [0.15, 0.2) is 11.5 Å². The second-order valence-corrected chi connectivity index (χ2v) is 3.18. The van der Waals surface area contributed by atoms with Gasteiger partial charge in [0.05, 0.1) is 7.11 Å². The van der Waals surface area contributed by atoms with Gasteiger partial charge in [-0.05, 0) is 12.5 Å². The third-order valence-electron chi connectivity index (χ3n) is 2.11. The first-order valence-electron chi connectivity index (χ1n) is 4.53. The number of phenolic OH excluding ortho intramolecular Hbond substituents is 1. The van der Waals surface area contributed by atoms with Gasteiger partial charge in [-0.15, -0.1) is 6.58 Å². The fourth-order valence-electron chi connectivity index (χ4n) is 1.34. The zero-order valence-corrected chi connectivity index (χ0v) is 8.53. The van der Waals surface area contributed by atoms with E-state index >= 15 is 0 Å². The predicted molar refractivity (Wildman–Crippen MR) is 56.4 cm³/mol. The number of rotatable bonds is 4. The molecular weight excluding hydrogens is 197 g/mol. The van der Waals surface area contributed by atoms with Crippen molar-refractivity contribution in [3.8, 4) is 11.5 Å². The van der Waals surface area contributed by atoms with Crippen molar-refractivity contribution in [1.29, 1.82) is 0 Å². The minimum atomic E-state index is -0.487. The van der Waals surface area contributed by atoms with E-state index in [0.717, 1.165) is 6.07 Å². The van der Waals surface area contributed by atoms with Gasteiger partial charge in [0.1, 0.15) is 5.82 Å². The lowest BCUT2D eigenvalue weighted by atomic mass is 10.0. The lowest BCUT2D eigenvalue weighted by Gasteiger charge is -2.14. The van der Waals surface area contributed by atoms with Crippen molar-refractivity contribution >= 4 is 0 Å². The molecule has 0 amide bonds. The molecule has 82 valence electrons. The number of aromatic hydroxyl groups is 1. The second-order valence-electron chi connectivity index (χ2n) is 3.18. The summed E-state index contributed by atoms with van der Waals surface area (Å²) in [6, 6.07) is 1.83. The molecule has 3 N–H and O–H groups in total. The third-order valence-corrected chi connectivity index (χ3v) is 2.11. The van der Waals surface area contributed by atoms with Crippen LogP contribution in [-0.2, 0) is 0 Å². The minimum Gasteiger partial charge on any atom is -0.504 e. The molecule has 1 aromatic carbocycles. The number of hydrogen-bond acceptors (Lipinski definition) is 3. The van der Waals surface area contributed by atoms with Crippen molar-refractivity contribution in [2.75, 3.05) is 7.11 Å². The lowest BCUT2D eigenvalue weighted by Crippen LogP contribution is -2.10. The van der Waals surface area contributed by atoms with E-state index in [1.807, 2.05) is 0 Å². The highest BCUT2D eigenvalue weighted by Gasteiger charge is 2.15. The van der Waals surface area contributed by atoms with E-state index in [1.54, 1.807) is 6.08 Å². The molecule has 0 aliphatic carbocycles. The standard InChI is InChI=1S/C11H14FNO2/c1-3-4-9(13)8-5-7(12)6-10(15-2)11(8)14/h3,5-6,9,14H,1,4,13H2,2H3/t9-/m1/s1. The van der Waals surface area contributed by atoms with Crippen LogP contribution in [-0.4, -0.2) is 12.2 Å². The lowest BCUT2D eigenvalue weighted by molar-refractivity contribution is 0.365. The molecular formula is C11H14FNO2. The summed E-state index contributed by atoms with van der Waals surface area (Å²) in [5, 5.41) is 9.70. The molecule has 0 fully saturated rings. The van der Waals surface area contributed by atoms with E-state index < -0.39 is 11.9 Å². The van der Waals surface area contributed by atoms with Crippen molar-refractivity contribution in [2.24, 2.45) is 5.73 Å². The normalized spacial score (nSPS) is 12.2. The predicted octanol–water partition coefficient (Wildman–Crippen LogP) is 2.12. The molecule has 4 heteroatoms. The molecule has 3 nitrogen and oxygen atoms in total. The van der Waals surface area contributed by atoms with Gasteiger partial charge in [0, 0.05) is 17.7 Å². The average Bonchev–Trinajstić information content (AvgIpc) is 2.21. The van der Waals surface area contributed by atoms with Crippen LogP contribution in [0.1, 0.15) is 18.0 Å². The molecule has 0 spiro atoms. The number of phenols is 1. The summed E-state index contributed by atoms with van der Waals surface area (Å²) in [6.07, 6.45) is 2.07. The van der Waals surface area contributed by atoms with Gasteiger partial charge in [-0.1, -0.05) is 6.08 Å². The fraction of sp³-hybridized carbons (Fsp3) is 0.273. The summed E-state index contributed by atoms with van der Waals surface area (Å²) >= 11 is 0. The maximum absolute atomic E-state index is 13.1. The Kier molecular flexibility index (Phi) is 3.68. The second kappa shape index (κ2) is 4.79.